The fourth-order valence-electron chi connectivity index (χ4n) is 5.67. The molecule has 0 radical (unpaired) electrons. The maximum atomic E-state index is 14.2. The van der Waals surface area contributed by atoms with Crippen molar-refractivity contribution in [1.29, 1.82) is 0 Å². The molecule has 2 aromatic rings. The van der Waals surface area contributed by atoms with Crippen LogP contribution in [-0.4, -0.2) is 59.6 Å². The number of phenols is 1. The van der Waals surface area contributed by atoms with Gasteiger partial charge in [0.2, 0.25) is 0 Å². The van der Waals surface area contributed by atoms with Gasteiger partial charge in [-0.05, 0) is 67.7 Å². The van der Waals surface area contributed by atoms with Gasteiger partial charge in [-0.25, -0.2) is 4.39 Å². The normalized spacial score (nSPS) is 30.3. The highest BCUT2D eigenvalue weighted by atomic mass is 19.1. The quantitative estimate of drug-likeness (QED) is 0.866. The lowest BCUT2D eigenvalue weighted by Crippen LogP contribution is -2.60. The van der Waals surface area contributed by atoms with Crippen molar-refractivity contribution < 1.29 is 19.0 Å². The number of nitrogens with zero attached hydrogens (tertiary/aromatic N) is 2. The van der Waals surface area contributed by atoms with Gasteiger partial charge < -0.3 is 14.7 Å². The number of benzene rings is 2. The summed E-state index contributed by atoms with van der Waals surface area (Å²) in [5.74, 6) is 0.352. The summed E-state index contributed by atoms with van der Waals surface area (Å²) < 4.78 is 19.2. The molecular weight excluding hydrogens is 371 g/mol. The van der Waals surface area contributed by atoms with E-state index in [-0.39, 0.29) is 35.4 Å². The summed E-state index contributed by atoms with van der Waals surface area (Å²) in [4.78, 5) is 17.9. The van der Waals surface area contributed by atoms with Crippen LogP contribution >= 0.6 is 0 Å². The predicted molar refractivity (Wildman–Crippen MR) is 107 cm³/mol. The van der Waals surface area contributed by atoms with Gasteiger partial charge in [-0.3, -0.25) is 9.69 Å². The van der Waals surface area contributed by atoms with Crippen LogP contribution in [0.25, 0.3) is 0 Å². The Kier molecular flexibility index (Phi) is 4.46. The van der Waals surface area contributed by atoms with Crippen molar-refractivity contribution in [3.8, 4) is 11.5 Å². The molecule has 1 amide bonds. The van der Waals surface area contributed by atoms with Crippen molar-refractivity contribution in [3.05, 3.63) is 59.4 Å². The van der Waals surface area contributed by atoms with Crippen molar-refractivity contribution >= 4 is 5.91 Å². The van der Waals surface area contributed by atoms with Gasteiger partial charge in [0.25, 0.3) is 5.91 Å². The van der Waals surface area contributed by atoms with E-state index in [1.54, 1.807) is 12.1 Å². The predicted octanol–water partition coefficient (Wildman–Crippen LogP) is 3.24. The van der Waals surface area contributed by atoms with E-state index < -0.39 is 5.82 Å². The van der Waals surface area contributed by atoms with Crippen molar-refractivity contribution in [1.82, 2.24) is 9.80 Å². The monoisotopic (exact) mass is 396 g/mol. The van der Waals surface area contributed by atoms with Crippen LogP contribution in [0.3, 0.4) is 0 Å². The Balaban J connectivity index is 1.51. The number of rotatable bonds is 3. The topological polar surface area (TPSA) is 53.0 Å². The standard InChI is InChI=1S/C23H25FN2O3/c1-29-20-6-5-16(12-19(20)24)23(28)26-13-18(15-3-2-4-17(27)11-15)22-21(26)14-7-9-25(22)10-8-14/h2-6,11-12,14,18,21-22,27H,7-10,13H2,1H3/t18-,21+,22+/m1/s1. The fraction of sp³-hybridized carbons (Fsp3) is 0.435. The maximum absolute atomic E-state index is 14.2. The van der Waals surface area contributed by atoms with Gasteiger partial charge in [0.1, 0.15) is 5.75 Å². The summed E-state index contributed by atoms with van der Waals surface area (Å²) >= 11 is 0. The first-order valence-corrected chi connectivity index (χ1v) is 10.2. The van der Waals surface area contributed by atoms with Gasteiger partial charge in [0, 0.05) is 24.1 Å². The first-order chi connectivity index (χ1) is 14.1. The Morgan fingerprint density at radius 2 is 1.93 bits per heavy atom. The molecule has 5 nitrogen and oxygen atoms in total. The molecule has 4 aliphatic heterocycles. The summed E-state index contributed by atoms with van der Waals surface area (Å²) in [6.07, 6.45) is 2.18. The zero-order valence-corrected chi connectivity index (χ0v) is 16.4. The van der Waals surface area contributed by atoms with Crippen LogP contribution in [0, 0.1) is 11.7 Å². The van der Waals surface area contributed by atoms with Crippen LogP contribution in [0.2, 0.25) is 0 Å². The molecule has 3 atom stereocenters. The second-order valence-electron chi connectivity index (χ2n) is 8.36. The Hall–Kier alpha value is -2.60. The molecule has 6 rings (SSSR count). The lowest BCUT2D eigenvalue weighted by Gasteiger charge is -2.51. The number of hydrogen-bond acceptors (Lipinski definition) is 4. The van der Waals surface area contributed by atoms with Crippen LogP contribution in [0.5, 0.6) is 11.5 Å². The minimum Gasteiger partial charge on any atom is -0.508 e. The minimum atomic E-state index is -0.521. The number of ether oxygens (including phenoxy) is 1. The number of methoxy groups -OCH3 is 1. The molecule has 4 saturated heterocycles. The van der Waals surface area contributed by atoms with Crippen LogP contribution in [0.4, 0.5) is 4.39 Å². The summed E-state index contributed by atoms with van der Waals surface area (Å²) in [5.41, 5.74) is 1.42. The number of amides is 1. The molecule has 29 heavy (non-hydrogen) atoms. The zero-order valence-electron chi connectivity index (χ0n) is 16.4. The molecule has 4 aliphatic rings. The molecule has 0 saturated carbocycles. The van der Waals surface area contributed by atoms with Crippen molar-refractivity contribution in [2.24, 2.45) is 5.92 Å². The number of hydrogen-bond donors (Lipinski definition) is 1. The smallest absolute Gasteiger partial charge is 0.254 e. The summed E-state index contributed by atoms with van der Waals surface area (Å²) in [5, 5.41) is 9.99. The molecule has 2 bridgehead atoms. The molecule has 4 fully saturated rings. The highest BCUT2D eigenvalue weighted by Crippen LogP contribution is 2.47. The molecule has 152 valence electrons. The molecule has 0 spiro atoms. The minimum absolute atomic E-state index is 0.127. The number of aromatic hydroxyl groups is 1. The molecule has 1 N–H and O–H groups in total. The molecule has 0 aliphatic carbocycles. The van der Waals surface area contributed by atoms with Gasteiger partial charge in [-0.15, -0.1) is 0 Å². The summed E-state index contributed by atoms with van der Waals surface area (Å²) in [6, 6.07) is 12.2. The molecule has 0 aromatic heterocycles. The lowest BCUT2D eigenvalue weighted by atomic mass is 9.75. The largest absolute Gasteiger partial charge is 0.508 e. The van der Waals surface area contributed by atoms with E-state index in [4.69, 9.17) is 4.74 Å². The zero-order chi connectivity index (χ0) is 20.1. The number of carbonyl (C=O) groups excluding carboxylic acids is 1. The Morgan fingerprint density at radius 3 is 2.62 bits per heavy atom. The third-order valence-corrected chi connectivity index (χ3v) is 6.95. The number of carbonyl (C=O) groups is 1. The van der Waals surface area contributed by atoms with E-state index in [1.165, 1.54) is 19.2 Å². The van der Waals surface area contributed by atoms with E-state index in [0.717, 1.165) is 31.5 Å². The highest BCUT2D eigenvalue weighted by molar-refractivity contribution is 5.95. The van der Waals surface area contributed by atoms with Crippen molar-refractivity contribution in [2.75, 3.05) is 26.7 Å². The van der Waals surface area contributed by atoms with Crippen molar-refractivity contribution in [3.63, 3.8) is 0 Å². The Morgan fingerprint density at radius 1 is 1.14 bits per heavy atom. The molecule has 4 heterocycles. The van der Waals surface area contributed by atoms with Gasteiger partial charge in [0.05, 0.1) is 13.2 Å². The van der Waals surface area contributed by atoms with Crippen LogP contribution in [0.15, 0.2) is 42.5 Å². The van der Waals surface area contributed by atoms with E-state index in [2.05, 4.69) is 4.90 Å². The number of fused-ring (bicyclic) bond motifs is 2. The maximum Gasteiger partial charge on any atom is 0.254 e. The first-order valence-electron chi connectivity index (χ1n) is 10.2. The van der Waals surface area contributed by atoms with Gasteiger partial charge >= 0.3 is 0 Å². The fourth-order valence-corrected chi connectivity index (χ4v) is 5.67. The van der Waals surface area contributed by atoms with Gasteiger partial charge in [0.15, 0.2) is 11.6 Å². The lowest BCUT2D eigenvalue weighted by molar-refractivity contribution is -0.00343. The SMILES string of the molecule is COc1ccc(C(=O)N2C[C@H](c3cccc(O)c3)[C@H]3[C@@H]2C2CCN3CC2)cc1F. The molecule has 2 aromatic carbocycles. The van der Waals surface area contributed by atoms with Crippen LogP contribution in [0.1, 0.15) is 34.7 Å². The number of halogens is 1. The van der Waals surface area contributed by atoms with E-state index in [0.29, 0.717) is 18.0 Å². The van der Waals surface area contributed by atoms with E-state index >= 15 is 0 Å². The first kappa shape index (κ1) is 18.4. The van der Waals surface area contributed by atoms with Crippen LogP contribution < -0.4 is 4.74 Å². The highest BCUT2D eigenvalue weighted by Gasteiger charge is 2.54. The van der Waals surface area contributed by atoms with Crippen molar-refractivity contribution in [2.45, 2.75) is 30.8 Å². The molecule has 0 unspecified atom stereocenters. The van der Waals surface area contributed by atoms with Gasteiger partial charge in [-0.2, -0.15) is 0 Å². The second kappa shape index (κ2) is 7.02. The number of likely N-dealkylation sites (tertiary alicyclic amines) is 1. The van der Waals surface area contributed by atoms with E-state index in [1.807, 2.05) is 23.1 Å². The third-order valence-electron chi connectivity index (χ3n) is 6.95. The van der Waals surface area contributed by atoms with E-state index in [9.17, 15) is 14.3 Å². The average Bonchev–Trinajstić information content (AvgIpc) is 3.17. The summed E-state index contributed by atoms with van der Waals surface area (Å²) in [7, 11) is 1.41. The summed E-state index contributed by atoms with van der Waals surface area (Å²) in [6.45, 7) is 2.69. The third kappa shape index (κ3) is 2.97. The number of phenolic OH excluding ortho intramolecular Hbond substituents is 1. The Bertz CT molecular complexity index is 941. The average molecular weight is 396 g/mol. The second-order valence-corrected chi connectivity index (χ2v) is 8.36. The molecule has 6 heteroatoms. The molecular formula is C23H25FN2O3. The van der Waals surface area contributed by atoms with Crippen LogP contribution in [-0.2, 0) is 0 Å². The van der Waals surface area contributed by atoms with Gasteiger partial charge in [-0.1, -0.05) is 12.1 Å². The number of piperidine rings is 3. The Labute approximate surface area is 169 Å².